The SMILES string of the molecule is C=C[C@H]1C[N+]2(Cc3ccccc3Br)CC[C@H]1C[C@@H]2[C@@H](O)c1ccnc2ccccc12. The van der Waals surface area contributed by atoms with E-state index in [9.17, 15) is 5.11 Å². The normalized spacial score (nSPS) is 29.1. The Bertz CT molecular complexity index is 1080. The van der Waals surface area contributed by atoms with Gasteiger partial charge in [-0.05, 0) is 29.7 Å². The molecule has 3 aliphatic heterocycles. The van der Waals surface area contributed by atoms with Crippen molar-refractivity contribution in [3.63, 3.8) is 0 Å². The van der Waals surface area contributed by atoms with Gasteiger partial charge in [-0.2, -0.15) is 0 Å². The summed E-state index contributed by atoms with van der Waals surface area (Å²) >= 11 is 3.75. The second-order valence-corrected chi connectivity index (χ2v) is 9.84. The minimum Gasteiger partial charge on any atom is -0.382 e. The predicted octanol–water partition coefficient (Wildman–Crippen LogP) is 5.64. The number of nitrogens with zero attached hydrogens (tertiary/aromatic N) is 2. The molecule has 3 aliphatic rings. The summed E-state index contributed by atoms with van der Waals surface area (Å²) < 4.78 is 2.08. The fourth-order valence-electron chi connectivity index (χ4n) is 5.93. The molecule has 2 bridgehead atoms. The number of pyridine rings is 1. The summed E-state index contributed by atoms with van der Waals surface area (Å²) in [5.74, 6) is 1.15. The van der Waals surface area contributed by atoms with Crippen molar-refractivity contribution in [2.45, 2.75) is 31.5 Å². The molecule has 3 saturated heterocycles. The zero-order valence-corrected chi connectivity index (χ0v) is 18.7. The number of piperidine rings is 3. The van der Waals surface area contributed by atoms with Crippen molar-refractivity contribution >= 4 is 26.8 Å². The van der Waals surface area contributed by atoms with Crippen LogP contribution in [0.4, 0.5) is 0 Å². The zero-order chi connectivity index (χ0) is 20.7. The summed E-state index contributed by atoms with van der Waals surface area (Å²) in [6.07, 6.45) is 5.73. The smallest absolute Gasteiger partial charge is 0.131 e. The van der Waals surface area contributed by atoms with Gasteiger partial charge in [0.25, 0.3) is 0 Å². The van der Waals surface area contributed by atoms with Crippen molar-refractivity contribution < 1.29 is 9.59 Å². The average molecular weight is 464 g/mol. The molecule has 3 fully saturated rings. The number of halogens is 1. The van der Waals surface area contributed by atoms with Gasteiger partial charge in [-0.3, -0.25) is 4.98 Å². The van der Waals surface area contributed by atoms with Gasteiger partial charge in [0.15, 0.2) is 0 Å². The van der Waals surface area contributed by atoms with Gasteiger partial charge >= 0.3 is 0 Å². The fourth-order valence-corrected chi connectivity index (χ4v) is 6.34. The number of fused-ring (bicyclic) bond motifs is 4. The third kappa shape index (κ3) is 3.31. The summed E-state index contributed by atoms with van der Waals surface area (Å²) in [5.41, 5.74) is 3.28. The zero-order valence-electron chi connectivity index (χ0n) is 17.1. The number of aliphatic hydroxyl groups excluding tert-OH is 1. The van der Waals surface area contributed by atoms with Crippen molar-refractivity contribution in [3.8, 4) is 0 Å². The van der Waals surface area contributed by atoms with E-state index in [1.54, 1.807) is 0 Å². The summed E-state index contributed by atoms with van der Waals surface area (Å²) in [6, 6.07) is 18.9. The van der Waals surface area contributed by atoms with Crippen molar-refractivity contribution in [2.75, 3.05) is 13.1 Å². The molecule has 6 rings (SSSR count). The van der Waals surface area contributed by atoms with Crippen LogP contribution in [0.1, 0.15) is 30.1 Å². The Hall–Kier alpha value is -2.01. The van der Waals surface area contributed by atoms with Crippen LogP contribution in [0.15, 0.2) is 77.9 Å². The van der Waals surface area contributed by atoms with Crippen LogP contribution < -0.4 is 0 Å². The summed E-state index contributed by atoms with van der Waals surface area (Å²) in [7, 11) is 0. The molecule has 0 aliphatic carbocycles. The van der Waals surface area contributed by atoms with Crippen molar-refractivity contribution in [2.24, 2.45) is 11.8 Å². The molecule has 1 N–H and O–H groups in total. The van der Waals surface area contributed by atoms with Crippen molar-refractivity contribution in [1.29, 1.82) is 0 Å². The fraction of sp³-hybridized carbons (Fsp3) is 0.346. The van der Waals surface area contributed by atoms with E-state index in [4.69, 9.17) is 0 Å². The van der Waals surface area contributed by atoms with Crippen LogP contribution in [0.2, 0.25) is 0 Å². The first-order chi connectivity index (χ1) is 14.6. The highest BCUT2D eigenvalue weighted by molar-refractivity contribution is 9.10. The number of hydrogen-bond acceptors (Lipinski definition) is 2. The number of aromatic nitrogens is 1. The summed E-state index contributed by atoms with van der Waals surface area (Å²) in [5, 5.41) is 12.8. The topological polar surface area (TPSA) is 33.1 Å². The molecule has 0 amide bonds. The van der Waals surface area contributed by atoms with Gasteiger partial charge in [0.1, 0.15) is 18.7 Å². The molecule has 2 aromatic carbocycles. The molecule has 3 aromatic rings. The quantitative estimate of drug-likeness (QED) is 0.392. The maximum atomic E-state index is 11.8. The van der Waals surface area contributed by atoms with E-state index in [1.807, 2.05) is 30.5 Å². The van der Waals surface area contributed by atoms with Crippen LogP contribution >= 0.6 is 15.9 Å². The van der Waals surface area contributed by atoms with E-state index < -0.39 is 6.10 Å². The minimum atomic E-state index is -0.506. The van der Waals surface area contributed by atoms with Crippen LogP contribution in [0, 0.1) is 11.8 Å². The minimum absolute atomic E-state index is 0.179. The van der Waals surface area contributed by atoms with Crippen LogP contribution in [0.3, 0.4) is 0 Å². The number of para-hydroxylation sites is 1. The highest BCUT2D eigenvalue weighted by Gasteiger charge is 2.54. The van der Waals surface area contributed by atoms with Gasteiger partial charge in [-0.25, -0.2) is 0 Å². The lowest BCUT2D eigenvalue weighted by atomic mass is 9.71. The maximum Gasteiger partial charge on any atom is 0.131 e. The molecule has 4 heterocycles. The molecule has 1 aromatic heterocycles. The number of quaternary nitrogens is 1. The highest BCUT2D eigenvalue weighted by atomic mass is 79.9. The Morgan fingerprint density at radius 2 is 1.97 bits per heavy atom. The lowest BCUT2D eigenvalue weighted by Gasteiger charge is -2.58. The maximum absolute atomic E-state index is 11.8. The third-order valence-corrected chi connectivity index (χ3v) is 8.26. The van der Waals surface area contributed by atoms with Gasteiger partial charge in [0.05, 0.1) is 18.6 Å². The standard InChI is InChI=1S/C26H28BrN2O/c1-2-18-16-29(17-20-7-3-5-9-23(20)27)14-12-19(18)15-25(29)26(30)22-11-13-28-24-10-6-4-8-21(22)24/h2-11,13,18-19,25-26,30H,1,12,14-17H2/q+1/t18-,19-,25+,26-,29?/m0/s1. The average Bonchev–Trinajstić information content (AvgIpc) is 2.79. The third-order valence-electron chi connectivity index (χ3n) is 7.48. The van der Waals surface area contributed by atoms with E-state index in [1.165, 1.54) is 12.0 Å². The largest absolute Gasteiger partial charge is 0.382 e. The molecule has 0 spiro atoms. The van der Waals surface area contributed by atoms with Crippen LogP contribution in [-0.2, 0) is 6.54 Å². The van der Waals surface area contributed by atoms with Gasteiger partial charge in [0.2, 0.25) is 0 Å². The van der Waals surface area contributed by atoms with Gasteiger partial charge < -0.3 is 9.59 Å². The first kappa shape index (κ1) is 19.9. The molecule has 154 valence electrons. The lowest BCUT2D eigenvalue weighted by Crippen LogP contribution is -2.67. The highest BCUT2D eigenvalue weighted by Crippen LogP contribution is 2.48. The van der Waals surface area contributed by atoms with Gasteiger partial charge in [-0.15, -0.1) is 6.58 Å². The van der Waals surface area contributed by atoms with Gasteiger partial charge in [-0.1, -0.05) is 58.4 Å². The Morgan fingerprint density at radius 3 is 2.80 bits per heavy atom. The molecular weight excluding hydrogens is 436 g/mol. The first-order valence-electron chi connectivity index (χ1n) is 10.8. The number of rotatable bonds is 5. The van der Waals surface area contributed by atoms with E-state index in [0.29, 0.717) is 11.8 Å². The summed E-state index contributed by atoms with van der Waals surface area (Å²) in [4.78, 5) is 4.50. The van der Waals surface area contributed by atoms with Crippen LogP contribution in [0.25, 0.3) is 10.9 Å². The van der Waals surface area contributed by atoms with Gasteiger partial charge in [0, 0.05) is 40.4 Å². The monoisotopic (exact) mass is 463 g/mol. The van der Waals surface area contributed by atoms with Crippen LogP contribution in [0.5, 0.6) is 0 Å². The van der Waals surface area contributed by atoms with Crippen molar-refractivity contribution in [1.82, 2.24) is 4.98 Å². The Kier molecular flexibility index (Phi) is 5.26. The molecule has 0 radical (unpaired) electrons. The van der Waals surface area contributed by atoms with Crippen LogP contribution in [-0.4, -0.2) is 33.7 Å². The Balaban J connectivity index is 1.57. The van der Waals surface area contributed by atoms with E-state index in [2.05, 4.69) is 63.9 Å². The van der Waals surface area contributed by atoms with E-state index in [-0.39, 0.29) is 6.04 Å². The second-order valence-electron chi connectivity index (χ2n) is 8.99. The molecule has 5 atom stereocenters. The molecule has 4 heteroatoms. The number of aliphatic hydroxyl groups is 1. The lowest BCUT2D eigenvalue weighted by molar-refractivity contribution is -0.985. The molecule has 1 unspecified atom stereocenters. The molecular formula is C26H28BrN2O+. The van der Waals surface area contributed by atoms with Crippen molar-refractivity contribution in [3.05, 3.63) is 89.0 Å². The second kappa shape index (κ2) is 7.92. The predicted molar refractivity (Wildman–Crippen MR) is 125 cm³/mol. The van der Waals surface area contributed by atoms with E-state index >= 15 is 0 Å². The molecule has 30 heavy (non-hydrogen) atoms. The molecule has 0 saturated carbocycles. The number of benzene rings is 2. The Morgan fingerprint density at radius 1 is 1.17 bits per heavy atom. The Labute approximate surface area is 186 Å². The summed E-state index contributed by atoms with van der Waals surface area (Å²) in [6.45, 7) is 7.24. The molecule has 3 nitrogen and oxygen atoms in total. The first-order valence-corrected chi connectivity index (χ1v) is 11.6. The van der Waals surface area contributed by atoms with E-state index in [0.717, 1.165) is 51.5 Å². The number of hydrogen-bond donors (Lipinski definition) is 1.